The molecule has 1 rings (SSSR count). The van der Waals surface area contributed by atoms with Crippen LogP contribution in [0.5, 0.6) is 0 Å². The molecule has 0 bridgehead atoms. The fraction of sp³-hybridized carbons (Fsp3) is 0.500. The molecule has 1 aromatic carbocycles. The van der Waals surface area contributed by atoms with Crippen molar-refractivity contribution in [2.45, 2.75) is 19.1 Å². The number of benzene rings is 1. The second-order valence-electron chi connectivity index (χ2n) is 4.24. The maximum atomic E-state index is 13.0. The third kappa shape index (κ3) is 4.80. The minimum atomic E-state index is -0.978. The Hall–Kier alpha value is -0.850. The van der Waals surface area contributed by atoms with E-state index in [4.69, 9.17) is 0 Å². The number of hydrogen-bond acceptors (Lipinski definition) is 3. The van der Waals surface area contributed by atoms with Gasteiger partial charge in [-0.1, -0.05) is 6.07 Å². The second kappa shape index (κ2) is 6.92. The van der Waals surface area contributed by atoms with Gasteiger partial charge in [0.15, 0.2) is 11.6 Å². The summed E-state index contributed by atoms with van der Waals surface area (Å²) in [6.45, 7) is 2.04. The molecule has 1 aromatic rings. The molecule has 0 fully saturated rings. The van der Waals surface area contributed by atoms with E-state index in [1.807, 2.05) is 6.92 Å². The van der Waals surface area contributed by atoms with Gasteiger partial charge in [-0.15, -0.1) is 0 Å². The Morgan fingerprint density at radius 3 is 2.61 bits per heavy atom. The zero-order chi connectivity index (χ0) is 13.7. The smallest absolute Gasteiger partial charge is 0.159 e. The van der Waals surface area contributed by atoms with Crippen molar-refractivity contribution in [1.82, 2.24) is 5.32 Å². The average molecular weight is 277 g/mol. The number of aliphatic hydroxyl groups is 1. The summed E-state index contributed by atoms with van der Waals surface area (Å²) in [4.78, 5) is 0. The van der Waals surface area contributed by atoms with Gasteiger partial charge in [0, 0.05) is 35.4 Å². The van der Waals surface area contributed by atoms with Crippen molar-refractivity contribution in [1.29, 1.82) is 0 Å². The molecule has 3 unspecified atom stereocenters. The van der Waals surface area contributed by atoms with Crippen LogP contribution in [0, 0.1) is 11.6 Å². The minimum absolute atomic E-state index is 0.0178. The van der Waals surface area contributed by atoms with E-state index >= 15 is 0 Å². The highest BCUT2D eigenvalue weighted by atomic mass is 32.2. The van der Waals surface area contributed by atoms with Gasteiger partial charge in [0.25, 0.3) is 0 Å². The third-order valence-electron chi connectivity index (χ3n) is 2.47. The van der Waals surface area contributed by atoms with Crippen LogP contribution in [0.3, 0.4) is 0 Å². The monoisotopic (exact) mass is 277 g/mol. The van der Waals surface area contributed by atoms with Crippen LogP contribution in [-0.2, 0) is 10.8 Å². The van der Waals surface area contributed by atoms with Gasteiger partial charge < -0.3 is 10.4 Å². The normalized spacial score (nSPS) is 16.3. The highest BCUT2D eigenvalue weighted by molar-refractivity contribution is 7.84. The van der Waals surface area contributed by atoms with E-state index in [1.54, 1.807) is 6.26 Å². The van der Waals surface area contributed by atoms with Crippen LogP contribution in [0.1, 0.15) is 18.6 Å². The molecule has 0 radical (unpaired) electrons. The van der Waals surface area contributed by atoms with E-state index in [1.165, 1.54) is 6.07 Å². The summed E-state index contributed by atoms with van der Waals surface area (Å²) < 4.78 is 36.6. The van der Waals surface area contributed by atoms with Crippen LogP contribution in [0.2, 0.25) is 0 Å². The number of rotatable bonds is 6. The van der Waals surface area contributed by atoms with Crippen LogP contribution >= 0.6 is 0 Å². The molecule has 0 aromatic heterocycles. The highest BCUT2D eigenvalue weighted by Crippen LogP contribution is 2.15. The molecule has 102 valence electrons. The molecule has 18 heavy (non-hydrogen) atoms. The van der Waals surface area contributed by atoms with Gasteiger partial charge in [0.1, 0.15) is 0 Å². The maximum Gasteiger partial charge on any atom is 0.159 e. The molecule has 0 aliphatic heterocycles. The molecular formula is C12H17F2NO2S. The van der Waals surface area contributed by atoms with Crippen molar-refractivity contribution >= 4 is 10.8 Å². The summed E-state index contributed by atoms with van der Waals surface area (Å²) >= 11 is 0. The number of halogens is 2. The predicted molar refractivity (Wildman–Crippen MR) is 67.7 cm³/mol. The molecule has 0 aliphatic carbocycles. The summed E-state index contributed by atoms with van der Waals surface area (Å²) in [5, 5.41) is 12.8. The maximum absolute atomic E-state index is 13.0. The lowest BCUT2D eigenvalue weighted by atomic mass is 10.1. The topological polar surface area (TPSA) is 49.3 Å². The Bertz CT molecular complexity index is 429. The fourth-order valence-electron chi connectivity index (χ4n) is 1.56. The third-order valence-corrected chi connectivity index (χ3v) is 3.44. The van der Waals surface area contributed by atoms with Gasteiger partial charge in [-0.2, -0.15) is 0 Å². The molecule has 0 saturated carbocycles. The largest absolute Gasteiger partial charge is 0.387 e. The summed E-state index contributed by atoms with van der Waals surface area (Å²) in [5.74, 6) is -1.44. The van der Waals surface area contributed by atoms with Crippen LogP contribution < -0.4 is 5.32 Å². The lowest BCUT2D eigenvalue weighted by Crippen LogP contribution is -2.34. The highest BCUT2D eigenvalue weighted by Gasteiger charge is 2.12. The van der Waals surface area contributed by atoms with Crippen LogP contribution in [0.15, 0.2) is 18.2 Å². The molecule has 2 N–H and O–H groups in total. The van der Waals surface area contributed by atoms with Crippen LogP contribution in [0.25, 0.3) is 0 Å². The van der Waals surface area contributed by atoms with E-state index in [-0.39, 0.29) is 12.6 Å². The van der Waals surface area contributed by atoms with E-state index in [2.05, 4.69) is 5.32 Å². The van der Waals surface area contributed by atoms with Gasteiger partial charge in [-0.3, -0.25) is 4.21 Å². The molecule has 0 heterocycles. The molecule has 3 atom stereocenters. The molecular weight excluding hydrogens is 260 g/mol. The van der Waals surface area contributed by atoms with E-state index in [0.717, 1.165) is 12.1 Å². The van der Waals surface area contributed by atoms with Crippen molar-refractivity contribution in [3.05, 3.63) is 35.4 Å². The number of aliphatic hydroxyl groups excluding tert-OH is 1. The van der Waals surface area contributed by atoms with Gasteiger partial charge in [-0.25, -0.2) is 8.78 Å². The first-order valence-corrected chi connectivity index (χ1v) is 7.29. The standard InChI is InChI=1S/C12H17F2NO2S/c1-8(7-18(2)17)15-6-12(16)9-3-4-10(13)11(14)5-9/h3-5,8,12,15-16H,6-7H2,1-2H3. The van der Waals surface area contributed by atoms with Gasteiger partial charge >= 0.3 is 0 Å². The van der Waals surface area contributed by atoms with Crippen molar-refractivity contribution in [2.24, 2.45) is 0 Å². The van der Waals surface area contributed by atoms with E-state index < -0.39 is 28.5 Å². The summed E-state index contributed by atoms with van der Waals surface area (Å²) in [7, 11) is -0.915. The first-order valence-electron chi connectivity index (χ1n) is 5.56. The molecule has 6 heteroatoms. The number of nitrogens with one attached hydrogen (secondary N) is 1. The first kappa shape index (κ1) is 15.2. The molecule has 3 nitrogen and oxygen atoms in total. The van der Waals surface area contributed by atoms with E-state index in [9.17, 15) is 18.1 Å². The predicted octanol–water partition coefficient (Wildman–Crippen LogP) is 1.35. The summed E-state index contributed by atoms with van der Waals surface area (Å²) in [6, 6.07) is 3.28. The summed E-state index contributed by atoms with van der Waals surface area (Å²) in [6.07, 6.45) is 0.678. The molecule has 0 aliphatic rings. The summed E-state index contributed by atoms with van der Waals surface area (Å²) in [5.41, 5.74) is 0.311. The lowest BCUT2D eigenvalue weighted by molar-refractivity contribution is 0.171. The zero-order valence-corrected chi connectivity index (χ0v) is 11.1. The fourth-order valence-corrected chi connectivity index (χ4v) is 2.38. The Morgan fingerprint density at radius 2 is 2.06 bits per heavy atom. The Balaban J connectivity index is 2.52. The molecule has 0 spiro atoms. The van der Waals surface area contributed by atoms with Gasteiger partial charge in [0.2, 0.25) is 0 Å². The van der Waals surface area contributed by atoms with Crippen molar-refractivity contribution in [2.75, 3.05) is 18.6 Å². The van der Waals surface area contributed by atoms with Crippen molar-refractivity contribution < 1.29 is 18.1 Å². The van der Waals surface area contributed by atoms with Crippen LogP contribution in [-0.4, -0.2) is 33.9 Å². The first-order chi connectivity index (χ1) is 8.40. The Morgan fingerprint density at radius 1 is 1.39 bits per heavy atom. The second-order valence-corrected chi connectivity index (χ2v) is 5.72. The van der Waals surface area contributed by atoms with Crippen LogP contribution in [0.4, 0.5) is 8.78 Å². The Labute approximate surface area is 108 Å². The van der Waals surface area contributed by atoms with E-state index in [0.29, 0.717) is 11.3 Å². The molecule has 0 amide bonds. The minimum Gasteiger partial charge on any atom is -0.387 e. The Kier molecular flexibility index (Phi) is 5.84. The molecule has 0 saturated heterocycles. The van der Waals surface area contributed by atoms with Crippen molar-refractivity contribution in [3.63, 3.8) is 0 Å². The quantitative estimate of drug-likeness (QED) is 0.825. The van der Waals surface area contributed by atoms with Crippen molar-refractivity contribution in [3.8, 4) is 0 Å². The lowest BCUT2D eigenvalue weighted by Gasteiger charge is -2.16. The SMILES string of the molecule is CC(CS(C)=O)NCC(O)c1ccc(F)c(F)c1. The number of hydrogen-bond donors (Lipinski definition) is 2. The zero-order valence-electron chi connectivity index (χ0n) is 10.3. The van der Waals surface area contributed by atoms with Gasteiger partial charge in [-0.05, 0) is 24.6 Å². The van der Waals surface area contributed by atoms with Gasteiger partial charge in [0.05, 0.1) is 6.10 Å². The average Bonchev–Trinajstić information content (AvgIpc) is 2.28.